The van der Waals surface area contributed by atoms with Gasteiger partial charge in [0.25, 0.3) is 0 Å². The quantitative estimate of drug-likeness (QED) is 0.887. The summed E-state index contributed by atoms with van der Waals surface area (Å²) in [4.78, 5) is 13.4. The lowest BCUT2D eigenvalue weighted by Gasteiger charge is -2.37. The molecule has 21 heavy (non-hydrogen) atoms. The van der Waals surface area contributed by atoms with Crippen LogP contribution in [0.5, 0.6) is 0 Å². The van der Waals surface area contributed by atoms with Crippen LogP contribution in [0.3, 0.4) is 0 Å². The summed E-state index contributed by atoms with van der Waals surface area (Å²) in [5.74, 6) is 0. The average molecular weight is 292 g/mol. The monoisotopic (exact) mass is 292 g/mol. The van der Waals surface area contributed by atoms with Crippen LogP contribution in [0.4, 0.5) is 4.79 Å². The van der Waals surface area contributed by atoms with Gasteiger partial charge in [-0.1, -0.05) is 30.3 Å². The Morgan fingerprint density at radius 2 is 1.33 bits per heavy atom. The van der Waals surface area contributed by atoms with E-state index in [9.17, 15) is 0 Å². The summed E-state index contributed by atoms with van der Waals surface area (Å²) in [5.41, 5.74) is 1.36. The SMILES string of the molecule is CC(C)N1C=CN(C(C)C)C1c1ccccc1.O=C(O)O. The van der Waals surface area contributed by atoms with E-state index in [0.717, 1.165) is 0 Å². The molecule has 0 amide bonds. The summed E-state index contributed by atoms with van der Waals surface area (Å²) in [5, 5.41) is 13.9. The number of hydrogen-bond acceptors (Lipinski definition) is 3. The number of nitrogens with zero attached hydrogens (tertiary/aromatic N) is 2. The Hall–Kier alpha value is -2.17. The van der Waals surface area contributed by atoms with Gasteiger partial charge < -0.3 is 20.0 Å². The van der Waals surface area contributed by atoms with Crippen LogP contribution >= 0.6 is 0 Å². The van der Waals surface area contributed by atoms with Crippen molar-refractivity contribution >= 4 is 6.16 Å². The number of benzene rings is 1. The van der Waals surface area contributed by atoms with Gasteiger partial charge in [0.05, 0.1) is 0 Å². The minimum Gasteiger partial charge on any atom is -0.450 e. The molecule has 1 aromatic carbocycles. The van der Waals surface area contributed by atoms with E-state index < -0.39 is 6.16 Å². The first-order chi connectivity index (χ1) is 9.84. The second-order valence-corrected chi connectivity index (χ2v) is 5.45. The maximum absolute atomic E-state index is 8.56. The van der Waals surface area contributed by atoms with Gasteiger partial charge in [0.1, 0.15) is 6.17 Å². The van der Waals surface area contributed by atoms with Crippen molar-refractivity contribution in [3.05, 3.63) is 48.3 Å². The summed E-state index contributed by atoms with van der Waals surface area (Å²) in [6.07, 6.45) is 2.93. The molecule has 0 saturated carbocycles. The van der Waals surface area contributed by atoms with E-state index in [1.165, 1.54) is 5.56 Å². The molecule has 0 saturated heterocycles. The minimum absolute atomic E-state index is 0.344. The minimum atomic E-state index is -1.83. The van der Waals surface area contributed by atoms with Crippen LogP contribution in [0, 0.1) is 0 Å². The first-order valence-electron chi connectivity index (χ1n) is 7.04. The van der Waals surface area contributed by atoms with E-state index in [4.69, 9.17) is 15.0 Å². The second kappa shape index (κ2) is 7.57. The first kappa shape index (κ1) is 16.9. The van der Waals surface area contributed by atoms with Gasteiger partial charge in [-0.3, -0.25) is 0 Å². The molecule has 116 valence electrons. The molecule has 0 radical (unpaired) electrons. The fourth-order valence-electron chi connectivity index (χ4n) is 2.35. The molecule has 0 unspecified atom stereocenters. The number of carboxylic acid groups (broad SMARTS) is 2. The Morgan fingerprint density at radius 1 is 0.952 bits per heavy atom. The molecule has 2 rings (SSSR count). The highest BCUT2D eigenvalue weighted by Gasteiger charge is 2.30. The van der Waals surface area contributed by atoms with Crippen molar-refractivity contribution in [3.8, 4) is 0 Å². The highest BCUT2D eigenvalue weighted by atomic mass is 16.6. The Morgan fingerprint density at radius 3 is 1.67 bits per heavy atom. The Bertz CT molecular complexity index is 450. The highest BCUT2D eigenvalue weighted by molar-refractivity contribution is 5.53. The van der Waals surface area contributed by atoms with E-state index in [1.807, 2.05) is 0 Å². The zero-order valence-electron chi connectivity index (χ0n) is 13.0. The van der Waals surface area contributed by atoms with Gasteiger partial charge in [-0.05, 0) is 33.3 Å². The summed E-state index contributed by atoms with van der Waals surface area (Å²) < 4.78 is 0. The van der Waals surface area contributed by atoms with Crippen LogP contribution in [-0.2, 0) is 0 Å². The molecule has 0 spiro atoms. The zero-order valence-corrected chi connectivity index (χ0v) is 13.0. The standard InChI is InChI=1S/C15H22N2.CH2O3/c1-12(2)16-10-11-17(13(3)4)15(16)14-8-6-5-7-9-14;2-1(3)4/h5-13,15H,1-4H3;(H2,2,3,4). The summed E-state index contributed by atoms with van der Waals surface area (Å²) >= 11 is 0. The molecule has 0 aromatic heterocycles. The van der Waals surface area contributed by atoms with Crippen molar-refractivity contribution in [2.75, 3.05) is 0 Å². The second-order valence-electron chi connectivity index (χ2n) is 5.45. The van der Waals surface area contributed by atoms with Crippen molar-refractivity contribution in [3.63, 3.8) is 0 Å². The van der Waals surface area contributed by atoms with Crippen LogP contribution in [0.2, 0.25) is 0 Å². The van der Waals surface area contributed by atoms with Crippen molar-refractivity contribution in [2.24, 2.45) is 0 Å². The molecule has 2 N–H and O–H groups in total. The predicted molar refractivity (Wildman–Crippen MR) is 82.9 cm³/mol. The van der Waals surface area contributed by atoms with Gasteiger partial charge in [0.15, 0.2) is 0 Å². The maximum atomic E-state index is 8.56. The topological polar surface area (TPSA) is 64.0 Å². The lowest BCUT2D eigenvalue weighted by molar-refractivity contribution is 0.105. The summed E-state index contributed by atoms with van der Waals surface area (Å²) in [6, 6.07) is 11.8. The van der Waals surface area contributed by atoms with Crippen LogP contribution in [-0.4, -0.2) is 38.3 Å². The number of carbonyl (C=O) groups is 1. The van der Waals surface area contributed by atoms with Crippen molar-refractivity contribution < 1.29 is 15.0 Å². The normalized spacial score (nSPS) is 14.6. The molecule has 5 nitrogen and oxygen atoms in total. The average Bonchev–Trinajstić information content (AvgIpc) is 2.84. The van der Waals surface area contributed by atoms with E-state index >= 15 is 0 Å². The molecule has 0 atom stereocenters. The Labute approximate surface area is 126 Å². The molecular formula is C16H24N2O3. The third-order valence-electron chi connectivity index (χ3n) is 3.27. The van der Waals surface area contributed by atoms with E-state index in [1.54, 1.807) is 0 Å². The Balaban J connectivity index is 0.000000491. The van der Waals surface area contributed by atoms with Gasteiger partial charge in [-0.25, -0.2) is 4.79 Å². The Kier molecular flexibility index (Phi) is 6.09. The third kappa shape index (κ3) is 4.70. The molecule has 1 aliphatic heterocycles. The fourth-order valence-corrected chi connectivity index (χ4v) is 2.35. The lowest BCUT2D eigenvalue weighted by Crippen LogP contribution is -2.37. The van der Waals surface area contributed by atoms with Gasteiger partial charge in [0.2, 0.25) is 0 Å². The molecule has 1 aromatic rings. The largest absolute Gasteiger partial charge is 0.503 e. The van der Waals surface area contributed by atoms with Crippen molar-refractivity contribution in [1.29, 1.82) is 0 Å². The van der Waals surface area contributed by atoms with Crippen LogP contribution < -0.4 is 0 Å². The first-order valence-corrected chi connectivity index (χ1v) is 7.04. The van der Waals surface area contributed by atoms with Gasteiger partial charge in [-0.2, -0.15) is 0 Å². The molecule has 0 bridgehead atoms. The molecule has 1 heterocycles. The van der Waals surface area contributed by atoms with Crippen LogP contribution in [0.25, 0.3) is 0 Å². The van der Waals surface area contributed by atoms with Gasteiger partial charge >= 0.3 is 6.16 Å². The number of hydrogen-bond donors (Lipinski definition) is 2. The number of rotatable bonds is 3. The van der Waals surface area contributed by atoms with E-state index in [-0.39, 0.29) is 0 Å². The molecule has 0 aliphatic carbocycles. The van der Waals surface area contributed by atoms with Gasteiger partial charge in [0, 0.05) is 24.5 Å². The van der Waals surface area contributed by atoms with Crippen molar-refractivity contribution in [2.45, 2.75) is 45.9 Å². The van der Waals surface area contributed by atoms with E-state index in [2.05, 4.69) is 80.2 Å². The molecular weight excluding hydrogens is 268 g/mol. The summed E-state index contributed by atoms with van der Waals surface area (Å²) in [7, 11) is 0. The third-order valence-corrected chi connectivity index (χ3v) is 3.27. The lowest BCUT2D eigenvalue weighted by atomic mass is 10.1. The van der Waals surface area contributed by atoms with E-state index in [0.29, 0.717) is 18.2 Å². The molecule has 0 fully saturated rings. The fraction of sp³-hybridized carbons (Fsp3) is 0.438. The molecule has 1 aliphatic rings. The zero-order chi connectivity index (χ0) is 16.0. The maximum Gasteiger partial charge on any atom is 0.503 e. The molecule has 5 heteroatoms. The van der Waals surface area contributed by atoms with Crippen LogP contribution in [0.15, 0.2) is 42.7 Å². The summed E-state index contributed by atoms with van der Waals surface area (Å²) in [6.45, 7) is 8.96. The van der Waals surface area contributed by atoms with Gasteiger partial charge in [-0.15, -0.1) is 0 Å². The predicted octanol–water partition coefficient (Wildman–Crippen LogP) is 3.81. The van der Waals surface area contributed by atoms with Crippen molar-refractivity contribution in [1.82, 2.24) is 9.80 Å². The van der Waals surface area contributed by atoms with Crippen LogP contribution in [0.1, 0.15) is 39.4 Å². The highest BCUT2D eigenvalue weighted by Crippen LogP contribution is 2.33. The smallest absolute Gasteiger partial charge is 0.450 e.